The summed E-state index contributed by atoms with van der Waals surface area (Å²) in [6.45, 7) is 2.73. The fourth-order valence-corrected chi connectivity index (χ4v) is 3.34. The van der Waals surface area contributed by atoms with Gasteiger partial charge in [0.25, 0.3) is 5.56 Å². The van der Waals surface area contributed by atoms with Crippen LogP contribution in [0.15, 0.2) is 46.6 Å². The summed E-state index contributed by atoms with van der Waals surface area (Å²) < 4.78 is 7.85. The van der Waals surface area contributed by atoms with Gasteiger partial charge in [0.1, 0.15) is 6.61 Å². The highest BCUT2D eigenvalue weighted by Gasteiger charge is 2.13. The molecule has 3 aromatic rings. The van der Waals surface area contributed by atoms with Crippen molar-refractivity contribution < 1.29 is 9.53 Å². The van der Waals surface area contributed by atoms with Crippen molar-refractivity contribution in [3.63, 3.8) is 0 Å². The van der Waals surface area contributed by atoms with E-state index in [1.807, 2.05) is 36.6 Å². The van der Waals surface area contributed by atoms with E-state index in [4.69, 9.17) is 4.74 Å². The Morgan fingerprint density at radius 1 is 1.25 bits per heavy atom. The maximum atomic E-state index is 12.2. The molecule has 2 aromatic heterocycles. The van der Waals surface area contributed by atoms with Gasteiger partial charge < -0.3 is 4.74 Å². The second-order valence-corrected chi connectivity index (χ2v) is 6.38. The Labute approximate surface area is 143 Å². The predicted molar refractivity (Wildman–Crippen MR) is 94.3 cm³/mol. The van der Waals surface area contributed by atoms with Gasteiger partial charge in [0.2, 0.25) is 0 Å². The molecule has 2 heterocycles. The minimum atomic E-state index is -0.518. The predicted octanol–water partition coefficient (Wildman–Crippen LogP) is 3.62. The van der Waals surface area contributed by atoms with Crippen LogP contribution in [-0.2, 0) is 17.9 Å². The topological polar surface area (TPSA) is 61.2 Å². The highest BCUT2D eigenvalue weighted by atomic mass is 32.1. The SMILES string of the molecule is CCCCn1nc(C(=O)OCc2csc3ccccc23)ccc1=O. The average molecular weight is 342 g/mol. The Morgan fingerprint density at radius 3 is 2.92 bits per heavy atom. The van der Waals surface area contributed by atoms with Crippen LogP contribution in [0.3, 0.4) is 0 Å². The van der Waals surface area contributed by atoms with Crippen molar-refractivity contribution in [1.29, 1.82) is 0 Å². The third kappa shape index (κ3) is 3.54. The molecule has 24 heavy (non-hydrogen) atoms. The van der Waals surface area contributed by atoms with Gasteiger partial charge in [-0.3, -0.25) is 4.79 Å². The van der Waals surface area contributed by atoms with Crippen molar-refractivity contribution in [2.45, 2.75) is 32.9 Å². The first-order valence-corrected chi connectivity index (χ1v) is 8.77. The number of thiophene rings is 1. The molecule has 0 aliphatic carbocycles. The van der Waals surface area contributed by atoms with Gasteiger partial charge in [0, 0.05) is 22.9 Å². The summed E-state index contributed by atoms with van der Waals surface area (Å²) in [5.74, 6) is -0.518. The molecule has 0 radical (unpaired) electrons. The lowest BCUT2D eigenvalue weighted by molar-refractivity contribution is 0.0464. The first-order valence-electron chi connectivity index (χ1n) is 7.89. The highest BCUT2D eigenvalue weighted by Crippen LogP contribution is 2.26. The molecule has 0 saturated heterocycles. The second kappa shape index (κ2) is 7.40. The van der Waals surface area contributed by atoms with Gasteiger partial charge in [-0.05, 0) is 29.3 Å². The molecule has 5 nitrogen and oxygen atoms in total. The quantitative estimate of drug-likeness (QED) is 0.642. The molecule has 0 aliphatic rings. The molecule has 0 amide bonds. The van der Waals surface area contributed by atoms with Gasteiger partial charge in [0.05, 0.1) is 0 Å². The normalized spacial score (nSPS) is 10.9. The molecule has 0 N–H and O–H groups in total. The summed E-state index contributed by atoms with van der Waals surface area (Å²) in [6, 6.07) is 10.8. The monoisotopic (exact) mass is 342 g/mol. The van der Waals surface area contributed by atoms with Gasteiger partial charge in [0.15, 0.2) is 5.69 Å². The number of carbonyl (C=O) groups excluding carboxylic acids is 1. The lowest BCUT2D eigenvalue weighted by Crippen LogP contribution is -2.25. The Balaban J connectivity index is 1.72. The smallest absolute Gasteiger partial charge is 0.359 e. The van der Waals surface area contributed by atoms with Crippen LogP contribution in [0, 0.1) is 0 Å². The number of ether oxygens (including phenoxy) is 1. The van der Waals surface area contributed by atoms with Crippen LogP contribution in [0.2, 0.25) is 0 Å². The van der Waals surface area contributed by atoms with E-state index in [-0.39, 0.29) is 17.9 Å². The number of aryl methyl sites for hydroxylation is 1. The molecule has 0 aliphatic heterocycles. The largest absolute Gasteiger partial charge is 0.456 e. The lowest BCUT2D eigenvalue weighted by Gasteiger charge is -2.07. The third-order valence-corrected chi connectivity index (χ3v) is 4.73. The van der Waals surface area contributed by atoms with Crippen LogP contribution < -0.4 is 5.56 Å². The summed E-state index contributed by atoms with van der Waals surface area (Å²) in [4.78, 5) is 24.0. The van der Waals surface area contributed by atoms with Gasteiger partial charge >= 0.3 is 5.97 Å². The molecule has 0 unspecified atom stereocenters. The number of benzene rings is 1. The van der Waals surface area contributed by atoms with Crippen LogP contribution in [0.25, 0.3) is 10.1 Å². The lowest BCUT2D eigenvalue weighted by atomic mass is 10.2. The molecule has 0 spiro atoms. The highest BCUT2D eigenvalue weighted by molar-refractivity contribution is 7.17. The van der Waals surface area contributed by atoms with Crippen LogP contribution in [0.5, 0.6) is 0 Å². The van der Waals surface area contributed by atoms with E-state index >= 15 is 0 Å². The van der Waals surface area contributed by atoms with Gasteiger partial charge in [-0.1, -0.05) is 31.5 Å². The molecule has 3 rings (SSSR count). The number of carbonyl (C=O) groups is 1. The minimum Gasteiger partial charge on any atom is -0.456 e. The molecule has 0 bridgehead atoms. The first kappa shape index (κ1) is 16.4. The maximum absolute atomic E-state index is 12.2. The Kier molecular flexibility index (Phi) is 5.05. The van der Waals surface area contributed by atoms with Gasteiger partial charge in [-0.2, -0.15) is 5.10 Å². The van der Waals surface area contributed by atoms with Crippen molar-refractivity contribution >= 4 is 27.4 Å². The molecule has 0 saturated carbocycles. The fraction of sp³-hybridized carbons (Fsp3) is 0.278. The van der Waals surface area contributed by atoms with E-state index < -0.39 is 5.97 Å². The number of hydrogen-bond donors (Lipinski definition) is 0. The Hall–Kier alpha value is -2.47. The number of unbranched alkanes of at least 4 members (excludes halogenated alkanes) is 1. The minimum absolute atomic E-state index is 0.158. The van der Waals surface area contributed by atoms with E-state index in [2.05, 4.69) is 5.10 Å². The molecule has 6 heteroatoms. The number of esters is 1. The standard InChI is InChI=1S/C18H18N2O3S/c1-2-3-10-20-17(21)9-8-15(19-20)18(22)23-11-13-12-24-16-7-5-4-6-14(13)16/h4-9,12H,2-3,10-11H2,1H3. The van der Waals surface area contributed by atoms with Crippen molar-refractivity contribution in [2.24, 2.45) is 0 Å². The van der Waals surface area contributed by atoms with Crippen molar-refractivity contribution in [1.82, 2.24) is 9.78 Å². The number of nitrogens with zero attached hydrogens (tertiary/aromatic N) is 2. The van der Waals surface area contributed by atoms with Crippen molar-refractivity contribution in [3.05, 3.63) is 63.4 Å². The summed E-state index contributed by atoms with van der Waals surface area (Å²) in [7, 11) is 0. The van der Waals surface area contributed by atoms with Crippen molar-refractivity contribution in [2.75, 3.05) is 0 Å². The van der Waals surface area contributed by atoms with E-state index in [0.717, 1.165) is 28.5 Å². The fourth-order valence-electron chi connectivity index (χ4n) is 2.39. The zero-order valence-electron chi connectivity index (χ0n) is 13.4. The number of aromatic nitrogens is 2. The maximum Gasteiger partial charge on any atom is 0.359 e. The molecule has 1 aromatic carbocycles. The molecule has 124 valence electrons. The van der Waals surface area contributed by atoms with Crippen LogP contribution >= 0.6 is 11.3 Å². The van der Waals surface area contributed by atoms with E-state index in [0.29, 0.717) is 6.54 Å². The first-order chi connectivity index (χ1) is 11.7. The van der Waals surface area contributed by atoms with Crippen LogP contribution in [-0.4, -0.2) is 15.7 Å². The summed E-state index contributed by atoms with van der Waals surface area (Å²) >= 11 is 1.62. The van der Waals surface area contributed by atoms with Crippen molar-refractivity contribution in [3.8, 4) is 0 Å². The zero-order valence-corrected chi connectivity index (χ0v) is 14.2. The van der Waals surface area contributed by atoms with Gasteiger partial charge in [-0.25, -0.2) is 9.48 Å². The summed E-state index contributed by atoms with van der Waals surface area (Å²) in [5, 5.41) is 7.19. The van der Waals surface area contributed by atoms with Crippen LogP contribution in [0.1, 0.15) is 35.8 Å². The average Bonchev–Trinajstić information content (AvgIpc) is 3.02. The van der Waals surface area contributed by atoms with E-state index in [9.17, 15) is 9.59 Å². The molecular formula is C18H18N2O3S. The summed E-state index contributed by atoms with van der Waals surface area (Å²) in [5.41, 5.74) is 0.928. The zero-order chi connectivity index (χ0) is 16.9. The van der Waals surface area contributed by atoms with Gasteiger partial charge in [-0.15, -0.1) is 11.3 Å². The number of hydrogen-bond acceptors (Lipinski definition) is 5. The number of fused-ring (bicyclic) bond motifs is 1. The van der Waals surface area contributed by atoms with E-state index in [1.54, 1.807) is 11.3 Å². The summed E-state index contributed by atoms with van der Waals surface area (Å²) in [6.07, 6.45) is 1.79. The second-order valence-electron chi connectivity index (χ2n) is 5.47. The van der Waals surface area contributed by atoms with E-state index in [1.165, 1.54) is 16.8 Å². The Bertz CT molecular complexity index is 914. The Morgan fingerprint density at radius 2 is 2.08 bits per heavy atom. The van der Waals surface area contributed by atoms with Crippen LogP contribution in [0.4, 0.5) is 0 Å². The number of rotatable bonds is 6. The molecule has 0 atom stereocenters. The molecule has 0 fully saturated rings. The third-order valence-electron chi connectivity index (χ3n) is 3.72. The molecular weight excluding hydrogens is 324 g/mol.